The molecule has 2 aromatic rings. The minimum atomic E-state index is -0.432. The Morgan fingerprint density at radius 3 is 2.65 bits per heavy atom. The maximum Gasteiger partial charge on any atom is 0.329 e. The zero-order chi connectivity index (χ0) is 22.5. The summed E-state index contributed by atoms with van der Waals surface area (Å²) in [7, 11) is 0. The molecule has 1 atom stereocenters. The van der Waals surface area contributed by atoms with E-state index in [1.807, 2.05) is 57.2 Å². The lowest BCUT2D eigenvalue weighted by Crippen LogP contribution is -2.30. The zero-order valence-corrected chi connectivity index (χ0v) is 19.8. The summed E-state index contributed by atoms with van der Waals surface area (Å²) in [5.41, 5.74) is 2.92. The highest BCUT2D eigenvalue weighted by atomic mass is 79.9. The Bertz CT molecular complexity index is 1020. The van der Waals surface area contributed by atoms with E-state index < -0.39 is 6.03 Å². The number of rotatable bonds is 8. The van der Waals surface area contributed by atoms with Gasteiger partial charge < -0.3 is 14.8 Å². The molecule has 0 aliphatic carbocycles. The molecule has 0 spiro atoms. The lowest BCUT2D eigenvalue weighted by Gasteiger charge is -2.18. The predicted molar refractivity (Wildman–Crippen MR) is 124 cm³/mol. The molecule has 2 aromatic carbocycles. The van der Waals surface area contributed by atoms with Gasteiger partial charge in [-0.2, -0.15) is 0 Å². The standard InChI is InChI=1S/C24H27BrN2O4/c1-5-16(4)31-22-19(25)11-18(13-21(22)30-6-2)12-20-23(28)27(24(29)26-20)14-17-9-7-8-15(3)10-17/h7-13,16H,5-6,14H2,1-4H3,(H,26,29)/b20-12+/t16-/m0/s1. The van der Waals surface area contributed by atoms with Crippen LogP contribution >= 0.6 is 15.9 Å². The highest BCUT2D eigenvalue weighted by molar-refractivity contribution is 9.10. The minimum absolute atomic E-state index is 0.0330. The van der Waals surface area contributed by atoms with Crippen LogP contribution in [0.1, 0.15) is 43.9 Å². The molecule has 1 saturated heterocycles. The van der Waals surface area contributed by atoms with E-state index >= 15 is 0 Å². The molecule has 0 radical (unpaired) electrons. The van der Waals surface area contributed by atoms with Crippen molar-refractivity contribution in [2.45, 2.75) is 46.8 Å². The second kappa shape index (κ2) is 10.0. The van der Waals surface area contributed by atoms with Gasteiger partial charge in [0.05, 0.1) is 23.7 Å². The molecule has 1 aliphatic heterocycles. The summed E-state index contributed by atoms with van der Waals surface area (Å²) in [5, 5.41) is 2.68. The summed E-state index contributed by atoms with van der Waals surface area (Å²) in [4.78, 5) is 26.5. The highest BCUT2D eigenvalue weighted by Crippen LogP contribution is 2.38. The van der Waals surface area contributed by atoms with E-state index in [2.05, 4.69) is 28.2 Å². The largest absolute Gasteiger partial charge is 0.490 e. The Balaban J connectivity index is 1.87. The van der Waals surface area contributed by atoms with Crippen LogP contribution in [-0.4, -0.2) is 29.5 Å². The van der Waals surface area contributed by atoms with Gasteiger partial charge in [0.2, 0.25) is 0 Å². The summed E-state index contributed by atoms with van der Waals surface area (Å²) in [6.45, 7) is 8.61. The summed E-state index contributed by atoms with van der Waals surface area (Å²) in [6, 6.07) is 11.0. The van der Waals surface area contributed by atoms with Crippen LogP contribution in [0.4, 0.5) is 4.79 Å². The van der Waals surface area contributed by atoms with E-state index in [-0.39, 0.29) is 24.3 Å². The van der Waals surface area contributed by atoms with Gasteiger partial charge in [0, 0.05) is 0 Å². The molecule has 1 aliphatic rings. The Hall–Kier alpha value is -2.80. The van der Waals surface area contributed by atoms with Crippen molar-refractivity contribution in [2.75, 3.05) is 6.61 Å². The Kier molecular flexibility index (Phi) is 7.38. The molecule has 0 bridgehead atoms. The Morgan fingerprint density at radius 1 is 1.19 bits per heavy atom. The van der Waals surface area contributed by atoms with Gasteiger partial charge in [0.15, 0.2) is 11.5 Å². The average molecular weight is 487 g/mol. The first kappa shape index (κ1) is 22.9. The number of aryl methyl sites for hydroxylation is 1. The number of halogens is 1. The molecule has 7 heteroatoms. The fraction of sp³-hybridized carbons (Fsp3) is 0.333. The number of hydrogen-bond donors (Lipinski definition) is 1. The van der Waals surface area contributed by atoms with E-state index in [0.29, 0.717) is 23.7 Å². The van der Waals surface area contributed by atoms with Crippen molar-refractivity contribution < 1.29 is 19.1 Å². The van der Waals surface area contributed by atoms with Crippen LogP contribution in [0.5, 0.6) is 11.5 Å². The molecule has 1 heterocycles. The number of ether oxygens (including phenoxy) is 2. The van der Waals surface area contributed by atoms with Gasteiger partial charge in [0.25, 0.3) is 5.91 Å². The molecule has 31 heavy (non-hydrogen) atoms. The third-order valence-corrected chi connectivity index (χ3v) is 5.51. The van der Waals surface area contributed by atoms with Crippen molar-refractivity contribution in [1.29, 1.82) is 0 Å². The number of urea groups is 1. The van der Waals surface area contributed by atoms with Crippen molar-refractivity contribution in [1.82, 2.24) is 10.2 Å². The van der Waals surface area contributed by atoms with Crippen molar-refractivity contribution in [2.24, 2.45) is 0 Å². The third kappa shape index (κ3) is 5.47. The van der Waals surface area contributed by atoms with Gasteiger partial charge in [-0.15, -0.1) is 0 Å². The van der Waals surface area contributed by atoms with E-state index in [0.717, 1.165) is 22.0 Å². The highest BCUT2D eigenvalue weighted by Gasteiger charge is 2.33. The number of hydrogen-bond acceptors (Lipinski definition) is 4. The monoisotopic (exact) mass is 486 g/mol. The number of imide groups is 1. The van der Waals surface area contributed by atoms with Crippen molar-refractivity contribution >= 4 is 33.9 Å². The fourth-order valence-corrected chi connectivity index (χ4v) is 3.76. The number of carbonyl (C=O) groups is 2. The van der Waals surface area contributed by atoms with Crippen LogP contribution < -0.4 is 14.8 Å². The molecule has 6 nitrogen and oxygen atoms in total. The SMILES string of the molecule is CCOc1cc(/C=C2/NC(=O)N(Cc3cccc(C)c3)C2=O)cc(Br)c1O[C@@H](C)CC. The lowest BCUT2D eigenvalue weighted by molar-refractivity contribution is -0.123. The van der Waals surface area contributed by atoms with Crippen LogP contribution in [0.15, 0.2) is 46.6 Å². The molecule has 0 unspecified atom stereocenters. The predicted octanol–water partition coefficient (Wildman–Crippen LogP) is 5.43. The first-order valence-electron chi connectivity index (χ1n) is 10.4. The van der Waals surface area contributed by atoms with Gasteiger partial charge in [-0.25, -0.2) is 4.79 Å². The molecule has 0 aromatic heterocycles. The molecular formula is C24H27BrN2O4. The lowest BCUT2D eigenvalue weighted by atomic mass is 10.1. The Labute approximate surface area is 191 Å². The fourth-order valence-electron chi connectivity index (χ4n) is 3.21. The second-order valence-corrected chi connectivity index (χ2v) is 8.32. The smallest absolute Gasteiger partial charge is 0.329 e. The van der Waals surface area contributed by atoms with Crippen LogP contribution in [0.25, 0.3) is 6.08 Å². The van der Waals surface area contributed by atoms with Crippen molar-refractivity contribution in [3.63, 3.8) is 0 Å². The van der Waals surface area contributed by atoms with Crippen LogP contribution in [0.2, 0.25) is 0 Å². The summed E-state index contributed by atoms with van der Waals surface area (Å²) >= 11 is 3.55. The van der Waals surface area contributed by atoms with E-state index in [9.17, 15) is 9.59 Å². The van der Waals surface area contributed by atoms with Gasteiger partial charge in [-0.05, 0) is 72.5 Å². The zero-order valence-electron chi connectivity index (χ0n) is 18.2. The minimum Gasteiger partial charge on any atom is -0.490 e. The normalized spacial score (nSPS) is 15.9. The van der Waals surface area contributed by atoms with Gasteiger partial charge >= 0.3 is 6.03 Å². The number of amides is 3. The molecule has 1 fully saturated rings. The molecule has 3 rings (SSSR count). The second-order valence-electron chi connectivity index (χ2n) is 7.47. The van der Waals surface area contributed by atoms with E-state index in [1.165, 1.54) is 4.90 Å². The van der Waals surface area contributed by atoms with Crippen LogP contribution in [0.3, 0.4) is 0 Å². The molecule has 1 N–H and O–H groups in total. The molecule has 0 saturated carbocycles. The molecule has 3 amide bonds. The quantitative estimate of drug-likeness (QED) is 0.399. The van der Waals surface area contributed by atoms with Gasteiger partial charge in [-0.3, -0.25) is 9.69 Å². The van der Waals surface area contributed by atoms with Gasteiger partial charge in [0.1, 0.15) is 5.70 Å². The number of nitrogens with one attached hydrogen (secondary N) is 1. The first-order chi connectivity index (χ1) is 14.8. The topological polar surface area (TPSA) is 67.9 Å². The van der Waals surface area contributed by atoms with Crippen molar-refractivity contribution in [3.05, 3.63) is 63.3 Å². The number of carbonyl (C=O) groups excluding carboxylic acids is 2. The van der Waals surface area contributed by atoms with Crippen LogP contribution in [0, 0.1) is 6.92 Å². The first-order valence-corrected chi connectivity index (χ1v) is 11.1. The van der Waals surface area contributed by atoms with E-state index in [4.69, 9.17) is 9.47 Å². The maximum absolute atomic E-state index is 12.9. The Morgan fingerprint density at radius 2 is 1.97 bits per heavy atom. The number of nitrogens with zero attached hydrogens (tertiary/aromatic N) is 1. The van der Waals surface area contributed by atoms with Crippen LogP contribution in [-0.2, 0) is 11.3 Å². The van der Waals surface area contributed by atoms with E-state index in [1.54, 1.807) is 6.08 Å². The molecular weight excluding hydrogens is 460 g/mol. The average Bonchev–Trinajstić information content (AvgIpc) is 2.98. The summed E-state index contributed by atoms with van der Waals surface area (Å²) in [6.07, 6.45) is 2.54. The molecule has 164 valence electrons. The third-order valence-electron chi connectivity index (χ3n) is 4.92. The summed E-state index contributed by atoms with van der Waals surface area (Å²) < 4.78 is 12.5. The maximum atomic E-state index is 12.9. The number of benzene rings is 2. The summed E-state index contributed by atoms with van der Waals surface area (Å²) in [5.74, 6) is 0.846. The van der Waals surface area contributed by atoms with Crippen molar-refractivity contribution in [3.8, 4) is 11.5 Å². The van der Waals surface area contributed by atoms with Gasteiger partial charge in [-0.1, -0.05) is 36.8 Å².